The maximum atomic E-state index is 12.5. The molecule has 132 valence electrons. The highest BCUT2D eigenvalue weighted by Gasteiger charge is 2.34. The summed E-state index contributed by atoms with van der Waals surface area (Å²) in [4.78, 5) is 0. The average Bonchev–Trinajstić information content (AvgIpc) is 3.16. The van der Waals surface area contributed by atoms with E-state index in [9.17, 15) is 16.8 Å². The van der Waals surface area contributed by atoms with E-state index in [4.69, 9.17) is 23.2 Å². The zero-order valence-electron chi connectivity index (χ0n) is 12.1. The number of thiophene rings is 2. The van der Waals surface area contributed by atoms with Gasteiger partial charge in [-0.25, -0.2) is 16.8 Å². The predicted octanol–water partition coefficient (Wildman–Crippen LogP) is 2.81. The van der Waals surface area contributed by atoms with E-state index in [1.54, 1.807) is 0 Å². The summed E-state index contributed by atoms with van der Waals surface area (Å²) in [7, 11) is -7.29. The summed E-state index contributed by atoms with van der Waals surface area (Å²) in [6.07, 6.45) is 0. The van der Waals surface area contributed by atoms with Crippen LogP contribution >= 0.6 is 45.9 Å². The molecule has 0 spiro atoms. The van der Waals surface area contributed by atoms with Crippen LogP contribution in [0.25, 0.3) is 0 Å². The summed E-state index contributed by atoms with van der Waals surface area (Å²) >= 11 is 13.6. The predicted molar refractivity (Wildman–Crippen MR) is 96.2 cm³/mol. The summed E-state index contributed by atoms with van der Waals surface area (Å²) in [6, 6.07) is 5.97. The van der Waals surface area contributed by atoms with Gasteiger partial charge in [-0.15, -0.1) is 22.7 Å². The Morgan fingerprint density at radius 1 is 0.708 bits per heavy atom. The van der Waals surface area contributed by atoms with Crippen molar-refractivity contribution < 1.29 is 16.8 Å². The fraction of sp³-hybridized carbons (Fsp3) is 0.333. The molecule has 0 bridgehead atoms. The number of sulfonamides is 2. The van der Waals surface area contributed by atoms with E-state index in [0.29, 0.717) is 8.67 Å². The molecule has 1 aliphatic rings. The van der Waals surface area contributed by atoms with Gasteiger partial charge in [0.15, 0.2) is 0 Å². The van der Waals surface area contributed by atoms with Crippen LogP contribution in [0.15, 0.2) is 32.7 Å². The van der Waals surface area contributed by atoms with Gasteiger partial charge in [0.25, 0.3) is 20.0 Å². The Kier molecular flexibility index (Phi) is 5.30. The van der Waals surface area contributed by atoms with Gasteiger partial charge in [0.2, 0.25) is 0 Å². The Morgan fingerprint density at radius 2 is 1.04 bits per heavy atom. The Balaban J connectivity index is 1.74. The summed E-state index contributed by atoms with van der Waals surface area (Å²) in [6.45, 7) is 0.374. The zero-order valence-corrected chi connectivity index (χ0v) is 16.8. The van der Waals surface area contributed by atoms with Crippen LogP contribution < -0.4 is 0 Å². The molecule has 0 atom stereocenters. The third-order valence-electron chi connectivity index (χ3n) is 3.48. The molecule has 6 nitrogen and oxygen atoms in total. The van der Waals surface area contributed by atoms with Gasteiger partial charge in [-0.3, -0.25) is 0 Å². The molecular weight excluding hydrogens is 435 g/mol. The molecule has 24 heavy (non-hydrogen) atoms. The van der Waals surface area contributed by atoms with Crippen LogP contribution in [0.4, 0.5) is 0 Å². The molecule has 1 fully saturated rings. The molecule has 12 heteroatoms. The minimum atomic E-state index is -3.64. The Morgan fingerprint density at radius 3 is 1.29 bits per heavy atom. The molecule has 0 aliphatic carbocycles. The number of piperazine rings is 1. The van der Waals surface area contributed by atoms with Gasteiger partial charge in [0, 0.05) is 26.2 Å². The van der Waals surface area contributed by atoms with Gasteiger partial charge >= 0.3 is 0 Å². The first-order valence-electron chi connectivity index (χ1n) is 6.72. The second kappa shape index (κ2) is 6.84. The third-order valence-corrected chi connectivity index (χ3v) is 10.7. The second-order valence-electron chi connectivity index (χ2n) is 4.93. The lowest BCUT2D eigenvalue weighted by Gasteiger charge is -2.32. The lowest BCUT2D eigenvalue weighted by atomic mass is 10.4. The van der Waals surface area contributed by atoms with Gasteiger partial charge in [-0.2, -0.15) is 8.61 Å². The van der Waals surface area contributed by atoms with Crippen molar-refractivity contribution in [2.45, 2.75) is 8.42 Å². The van der Waals surface area contributed by atoms with Crippen molar-refractivity contribution in [3.63, 3.8) is 0 Å². The maximum absolute atomic E-state index is 12.5. The lowest BCUT2D eigenvalue weighted by Crippen LogP contribution is -2.50. The molecule has 0 amide bonds. The lowest BCUT2D eigenvalue weighted by molar-refractivity contribution is 0.273. The minimum Gasteiger partial charge on any atom is -0.206 e. The highest BCUT2D eigenvalue weighted by Crippen LogP contribution is 2.31. The van der Waals surface area contributed by atoms with Gasteiger partial charge in [0.05, 0.1) is 8.67 Å². The Labute approximate surface area is 158 Å². The highest BCUT2D eigenvalue weighted by molar-refractivity contribution is 7.91. The number of rotatable bonds is 4. The van der Waals surface area contributed by atoms with E-state index in [1.807, 2.05) is 0 Å². The molecular formula is C12H12Cl2N2O4S4. The van der Waals surface area contributed by atoms with E-state index in [1.165, 1.54) is 32.9 Å². The molecule has 3 heterocycles. The van der Waals surface area contributed by atoms with Crippen LogP contribution in [-0.4, -0.2) is 51.6 Å². The van der Waals surface area contributed by atoms with Crippen LogP contribution in [0, 0.1) is 0 Å². The van der Waals surface area contributed by atoms with E-state index < -0.39 is 20.0 Å². The largest absolute Gasteiger partial charge is 0.252 e. The van der Waals surface area contributed by atoms with Crippen molar-refractivity contribution >= 4 is 65.9 Å². The van der Waals surface area contributed by atoms with Gasteiger partial charge < -0.3 is 0 Å². The quantitative estimate of drug-likeness (QED) is 0.723. The van der Waals surface area contributed by atoms with E-state index >= 15 is 0 Å². The monoisotopic (exact) mass is 446 g/mol. The first-order valence-corrected chi connectivity index (χ1v) is 12.0. The van der Waals surface area contributed by atoms with Crippen molar-refractivity contribution in [1.82, 2.24) is 8.61 Å². The Bertz CT molecular complexity index is 865. The van der Waals surface area contributed by atoms with Crippen LogP contribution in [0.3, 0.4) is 0 Å². The molecule has 3 rings (SSSR count). The molecule has 0 unspecified atom stereocenters. The van der Waals surface area contributed by atoms with Crippen molar-refractivity contribution in [1.29, 1.82) is 0 Å². The number of hydrogen-bond acceptors (Lipinski definition) is 6. The van der Waals surface area contributed by atoms with Gasteiger partial charge in [-0.05, 0) is 24.3 Å². The van der Waals surface area contributed by atoms with E-state index in [2.05, 4.69) is 0 Å². The number of halogens is 2. The summed E-state index contributed by atoms with van der Waals surface area (Å²) < 4.78 is 53.8. The van der Waals surface area contributed by atoms with Crippen LogP contribution in [0.5, 0.6) is 0 Å². The normalized spacial score (nSPS) is 18.1. The van der Waals surface area contributed by atoms with Gasteiger partial charge in [-0.1, -0.05) is 23.2 Å². The minimum absolute atomic E-state index is 0.0934. The molecule has 0 N–H and O–H groups in total. The first-order chi connectivity index (χ1) is 11.2. The fourth-order valence-electron chi connectivity index (χ4n) is 2.28. The zero-order chi connectivity index (χ0) is 17.5. The third kappa shape index (κ3) is 3.51. The standard InChI is InChI=1S/C12H12Cl2N2O4S4/c13-9-1-3-11(21-9)23(17,18)15-5-7-16(8-6-15)24(19,20)12-4-2-10(14)22-12/h1-4H,5-8H2. The molecule has 1 saturated heterocycles. The number of hydrogen-bond donors (Lipinski definition) is 0. The van der Waals surface area contributed by atoms with Crippen LogP contribution in [-0.2, 0) is 20.0 Å². The maximum Gasteiger partial charge on any atom is 0.252 e. The molecule has 2 aromatic heterocycles. The van der Waals surface area contributed by atoms with Crippen LogP contribution in [0.1, 0.15) is 0 Å². The van der Waals surface area contributed by atoms with Crippen molar-refractivity contribution in [2.75, 3.05) is 26.2 Å². The second-order valence-corrected chi connectivity index (χ2v) is 12.7. The smallest absolute Gasteiger partial charge is 0.206 e. The van der Waals surface area contributed by atoms with Crippen molar-refractivity contribution in [3.8, 4) is 0 Å². The summed E-state index contributed by atoms with van der Waals surface area (Å²) in [5.41, 5.74) is 0. The van der Waals surface area contributed by atoms with E-state index in [0.717, 1.165) is 22.7 Å². The van der Waals surface area contributed by atoms with Crippen LogP contribution in [0.2, 0.25) is 8.67 Å². The molecule has 0 aromatic carbocycles. The topological polar surface area (TPSA) is 74.8 Å². The number of nitrogens with zero attached hydrogens (tertiary/aromatic N) is 2. The molecule has 2 aromatic rings. The molecule has 0 saturated carbocycles. The SMILES string of the molecule is O=S(=O)(c1ccc(Cl)s1)N1CCN(S(=O)(=O)c2ccc(Cl)s2)CC1. The highest BCUT2D eigenvalue weighted by atomic mass is 35.5. The Hall–Kier alpha value is -0.200. The molecule has 0 radical (unpaired) electrons. The average molecular weight is 447 g/mol. The van der Waals surface area contributed by atoms with Gasteiger partial charge in [0.1, 0.15) is 8.42 Å². The summed E-state index contributed by atoms with van der Waals surface area (Å²) in [5, 5.41) is 0. The first kappa shape index (κ1) is 18.6. The molecule has 1 aliphatic heterocycles. The summed E-state index contributed by atoms with van der Waals surface area (Å²) in [5.74, 6) is 0. The van der Waals surface area contributed by atoms with Crippen molar-refractivity contribution in [3.05, 3.63) is 32.9 Å². The van der Waals surface area contributed by atoms with Crippen molar-refractivity contribution in [2.24, 2.45) is 0 Å². The van der Waals surface area contributed by atoms with E-state index in [-0.39, 0.29) is 34.6 Å². The fourth-order valence-corrected chi connectivity index (χ4v) is 8.40.